The number of rotatable bonds is 5. The van der Waals surface area contributed by atoms with Crippen LogP contribution in [0.15, 0.2) is 41.4 Å². The molecule has 1 spiro atoms. The zero-order valence-electron chi connectivity index (χ0n) is 20.6. The van der Waals surface area contributed by atoms with Gasteiger partial charge < -0.3 is 4.90 Å². The largest absolute Gasteiger partial charge is 0.342 e. The Bertz CT molecular complexity index is 1260. The Kier molecular flexibility index (Phi) is 6.12. The van der Waals surface area contributed by atoms with Gasteiger partial charge in [0.05, 0.1) is 0 Å². The Balaban J connectivity index is 1.29. The average Bonchev–Trinajstić information content (AvgIpc) is 3.30. The van der Waals surface area contributed by atoms with Crippen molar-refractivity contribution >= 4 is 40.9 Å². The molecule has 2 aliphatic carbocycles. The Labute approximate surface area is 222 Å². The monoisotopic (exact) mass is 523 g/mol. The van der Waals surface area contributed by atoms with E-state index in [0.29, 0.717) is 22.5 Å². The highest BCUT2D eigenvalue weighted by atomic mass is 35.5. The molecule has 0 bridgehead atoms. The SMILES string of the molecule is Cc1cc(-c2ccc(Cl)cc2Cl)ccc1C1=NC2(CCCC2)C(=O)N1C[C@@H]1CCN(C(=O)C2CC2)C1. The summed E-state index contributed by atoms with van der Waals surface area (Å²) in [5.41, 5.74) is 3.37. The molecule has 0 unspecified atom stereocenters. The molecule has 4 aliphatic rings. The maximum atomic E-state index is 13.8. The zero-order valence-corrected chi connectivity index (χ0v) is 22.1. The van der Waals surface area contributed by atoms with Crippen LogP contribution in [0.4, 0.5) is 0 Å². The maximum Gasteiger partial charge on any atom is 0.256 e. The molecule has 2 saturated carbocycles. The first-order valence-corrected chi connectivity index (χ1v) is 13.9. The molecule has 188 valence electrons. The quantitative estimate of drug-likeness (QED) is 0.473. The van der Waals surface area contributed by atoms with E-state index in [4.69, 9.17) is 28.2 Å². The predicted octanol–water partition coefficient (Wildman–Crippen LogP) is 6.13. The maximum absolute atomic E-state index is 13.8. The second-order valence-electron chi connectivity index (χ2n) is 11.0. The molecule has 7 heteroatoms. The molecular weight excluding hydrogens is 493 g/mol. The fraction of sp³-hybridized carbons (Fsp3) is 0.483. The van der Waals surface area contributed by atoms with Crippen LogP contribution in [0.25, 0.3) is 11.1 Å². The third-order valence-corrected chi connectivity index (χ3v) is 8.87. The molecule has 0 N–H and O–H groups in total. The molecule has 2 aliphatic heterocycles. The van der Waals surface area contributed by atoms with E-state index in [1.807, 2.05) is 28.0 Å². The van der Waals surface area contributed by atoms with Gasteiger partial charge in [0, 0.05) is 46.7 Å². The highest BCUT2D eigenvalue weighted by molar-refractivity contribution is 6.36. The van der Waals surface area contributed by atoms with Crippen molar-refractivity contribution in [1.82, 2.24) is 9.80 Å². The number of likely N-dealkylation sites (tertiary alicyclic amines) is 1. The topological polar surface area (TPSA) is 53.0 Å². The van der Waals surface area contributed by atoms with Crippen LogP contribution in [0.3, 0.4) is 0 Å². The summed E-state index contributed by atoms with van der Waals surface area (Å²) in [6.07, 6.45) is 6.71. The first-order chi connectivity index (χ1) is 17.3. The molecule has 2 aromatic rings. The van der Waals surface area contributed by atoms with Gasteiger partial charge in [-0.1, -0.05) is 60.3 Å². The number of benzene rings is 2. The lowest BCUT2D eigenvalue weighted by Crippen LogP contribution is -2.44. The van der Waals surface area contributed by atoms with E-state index in [9.17, 15) is 9.59 Å². The van der Waals surface area contributed by atoms with E-state index in [1.54, 1.807) is 6.07 Å². The zero-order chi connectivity index (χ0) is 25.0. The summed E-state index contributed by atoms with van der Waals surface area (Å²) < 4.78 is 0. The number of carbonyl (C=O) groups excluding carboxylic acids is 2. The van der Waals surface area contributed by atoms with Gasteiger partial charge in [-0.15, -0.1) is 0 Å². The second-order valence-corrected chi connectivity index (χ2v) is 11.8. The van der Waals surface area contributed by atoms with Crippen LogP contribution >= 0.6 is 23.2 Å². The van der Waals surface area contributed by atoms with Crippen LogP contribution < -0.4 is 0 Å². The number of amidine groups is 1. The molecule has 0 radical (unpaired) electrons. The molecule has 3 fully saturated rings. The molecular formula is C29H31Cl2N3O2. The van der Waals surface area contributed by atoms with Crippen molar-refractivity contribution in [2.24, 2.45) is 16.8 Å². The lowest BCUT2D eigenvalue weighted by molar-refractivity contribution is -0.131. The standard InChI is InChI=1S/C29H31Cl2N3O2/c1-18-14-21(24-9-7-22(30)15-25(24)31)6-8-23(18)26-32-29(11-2-3-12-29)28(36)34(26)17-19-10-13-33(16-19)27(35)20-4-5-20/h6-9,14-15,19-20H,2-5,10-13,16-17H2,1H3/t19-/m1/s1. The fourth-order valence-corrected chi connectivity index (χ4v) is 6.67. The summed E-state index contributed by atoms with van der Waals surface area (Å²) >= 11 is 12.6. The Hall–Kier alpha value is -2.37. The summed E-state index contributed by atoms with van der Waals surface area (Å²) in [4.78, 5) is 35.5. The van der Waals surface area contributed by atoms with Crippen molar-refractivity contribution < 1.29 is 9.59 Å². The number of halogens is 2. The predicted molar refractivity (Wildman–Crippen MR) is 143 cm³/mol. The number of aryl methyl sites for hydroxylation is 1. The van der Waals surface area contributed by atoms with Crippen molar-refractivity contribution in [3.05, 3.63) is 57.6 Å². The lowest BCUT2D eigenvalue weighted by atomic mass is 9.97. The first kappa shape index (κ1) is 24.0. The van der Waals surface area contributed by atoms with Crippen molar-refractivity contribution in [2.45, 2.75) is 57.4 Å². The Morgan fingerprint density at radius 3 is 2.50 bits per heavy atom. The van der Waals surface area contributed by atoms with Crippen LogP contribution in [0.2, 0.25) is 10.0 Å². The highest BCUT2D eigenvalue weighted by Crippen LogP contribution is 2.41. The third kappa shape index (κ3) is 4.24. The van der Waals surface area contributed by atoms with Crippen LogP contribution in [-0.4, -0.2) is 52.6 Å². The van der Waals surface area contributed by atoms with E-state index in [-0.39, 0.29) is 17.7 Å². The molecule has 36 heavy (non-hydrogen) atoms. The van der Waals surface area contributed by atoms with E-state index in [2.05, 4.69) is 19.1 Å². The van der Waals surface area contributed by atoms with Gasteiger partial charge >= 0.3 is 0 Å². The Morgan fingerprint density at radius 2 is 1.81 bits per heavy atom. The smallest absolute Gasteiger partial charge is 0.256 e. The summed E-state index contributed by atoms with van der Waals surface area (Å²) in [5.74, 6) is 1.77. The minimum Gasteiger partial charge on any atom is -0.342 e. The van der Waals surface area contributed by atoms with Crippen LogP contribution in [0, 0.1) is 18.8 Å². The van der Waals surface area contributed by atoms with E-state index in [0.717, 1.165) is 86.1 Å². The average molecular weight is 524 g/mol. The molecule has 2 heterocycles. The minimum atomic E-state index is -0.609. The number of nitrogens with zero attached hydrogens (tertiary/aromatic N) is 3. The Morgan fingerprint density at radius 1 is 1.06 bits per heavy atom. The second kappa shape index (κ2) is 9.18. The molecule has 0 aromatic heterocycles. The van der Waals surface area contributed by atoms with Crippen molar-refractivity contribution in [2.75, 3.05) is 19.6 Å². The van der Waals surface area contributed by atoms with Crippen LogP contribution in [0.1, 0.15) is 56.1 Å². The molecule has 2 aromatic carbocycles. The molecule has 1 saturated heterocycles. The van der Waals surface area contributed by atoms with Gasteiger partial charge in [0.2, 0.25) is 5.91 Å². The number of amides is 2. The number of aliphatic imine (C=N–C) groups is 1. The molecule has 5 nitrogen and oxygen atoms in total. The highest BCUT2D eigenvalue weighted by Gasteiger charge is 2.51. The molecule has 6 rings (SSSR count). The van der Waals surface area contributed by atoms with Gasteiger partial charge in [-0.3, -0.25) is 19.5 Å². The number of hydrogen-bond donors (Lipinski definition) is 0. The van der Waals surface area contributed by atoms with Gasteiger partial charge in [0.25, 0.3) is 5.91 Å². The summed E-state index contributed by atoms with van der Waals surface area (Å²) in [6.45, 7) is 4.23. The van der Waals surface area contributed by atoms with Gasteiger partial charge in [0.15, 0.2) is 0 Å². The molecule has 1 atom stereocenters. The summed E-state index contributed by atoms with van der Waals surface area (Å²) in [7, 11) is 0. The normalized spacial score (nSPS) is 23.1. The summed E-state index contributed by atoms with van der Waals surface area (Å²) in [5, 5.41) is 1.22. The number of hydrogen-bond acceptors (Lipinski definition) is 3. The number of carbonyl (C=O) groups is 2. The van der Waals surface area contributed by atoms with E-state index >= 15 is 0 Å². The van der Waals surface area contributed by atoms with Crippen molar-refractivity contribution in [3.8, 4) is 11.1 Å². The third-order valence-electron chi connectivity index (χ3n) is 8.32. The van der Waals surface area contributed by atoms with Crippen molar-refractivity contribution in [3.63, 3.8) is 0 Å². The van der Waals surface area contributed by atoms with Gasteiger partial charge in [-0.25, -0.2) is 0 Å². The van der Waals surface area contributed by atoms with Crippen molar-refractivity contribution in [1.29, 1.82) is 0 Å². The van der Waals surface area contributed by atoms with Gasteiger partial charge in [-0.2, -0.15) is 0 Å². The van der Waals surface area contributed by atoms with E-state index in [1.165, 1.54) is 0 Å². The molecule has 2 amide bonds. The van der Waals surface area contributed by atoms with Crippen LogP contribution in [0.5, 0.6) is 0 Å². The fourth-order valence-electron chi connectivity index (χ4n) is 6.15. The summed E-state index contributed by atoms with van der Waals surface area (Å²) in [6, 6.07) is 11.8. The van der Waals surface area contributed by atoms with E-state index < -0.39 is 5.54 Å². The first-order valence-electron chi connectivity index (χ1n) is 13.1. The van der Waals surface area contributed by atoms with Gasteiger partial charge in [-0.05, 0) is 68.2 Å². The minimum absolute atomic E-state index is 0.145. The van der Waals surface area contributed by atoms with Crippen LogP contribution in [-0.2, 0) is 9.59 Å². The lowest BCUT2D eigenvalue weighted by Gasteiger charge is -2.26. The van der Waals surface area contributed by atoms with Gasteiger partial charge in [0.1, 0.15) is 11.4 Å².